The smallest absolute Gasteiger partial charge is 0.254 e. The van der Waals surface area contributed by atoms with Crippen molar-refractivity contribution in [2.24, 2.45) is 5.92 Å². The monoisotopic (exact) mass is 265 g/mol. The Hall–Kier alpha value is -1.69. The Kier molecular flexibility index (Phi) is 6.21. The van der Waals surface area contributed by atoms with Crippen LogP contribution in [0.5, 0.6) is 0 Å². The topological polar surface area (TPSA) is 70.2 Å². The van der Waals surface area contributed by atoms with E-state index in [-0.39, 0.29) is 5.91 Å². The average molecular weight is 265 g/mol. The van der Waals surface area contributed by atoms with Crippen LogP contribution in [0.25, 0.3) is 0 Å². The molecule has 19 heavy (non-hydrogen) atoms. The number of rotatable bonds is 7. The standard InChI is InChI=1S/C13H23N5O/c1-10(2)7-15-13-16-8-11(9-17-13)12(19)14-5-6-18(3)4/h8-10H,5-7H2,1-4H3,(H,14,19)(H,15,16,17). The fourth-order valence-electron chi connectivity index (χ4n) is 1.33. The summed E-state index contributed by atoms with van der Waals surface area (Å²) < 4.78 is 0. The van der Waals surface area contributed by atoms with Crippen molar-refractivity contribution in [1.82, 2.24) is 20.2 Å². The first-order chi connectivity index (χ1) is 8.99. The Balaban J connectivity index is 2.44. The number of carbonyl (C=O) groups excluding carboxylic acids is 1. The van der Waals surface area contributed by atoms with Gasteiger partial charge in [-0.2, -0.15) is 0 Å². The van der Waals surface area contributed by atoms with Gasteiger partial charge in [0.15, 0.2) is 0 Å². The molecule has 0 spiro atoms. The molecule has 1 heterocycles. The normalized spacial score (nSPS) is 10.8. The Labute approximate surface area is 114 Å². The van der Waals surface area contributed by atoms with Gasteiger partial charge in [0.1, 0.15) is 0 Å². The summed E-state index contributed by atoms with van der Waals surface area (Å²) in [6, 6.07) is 0. The molecule has 0 saturated heterocycles. The lowest BCUT2D eigenvalue weighted by molar-refractivity contribution is 0.0950. The lowest BCUT2D eigenvalue weighted by atomic mass is 10.2. The third-order valence-corrected chi connectivity index (χ3v) is 2.43. The SMILES string of the molecule is CC(C)CNc1ncc(C(=O)NCCN(C)C)cn1. The van der Waals surface area contributed by atoms with Gasteiger partial charge >= 0.3 is 0 Å². The molecule has 1 aromatic rings. The van der Waals surface area contributed by atoms with Crippen molar-refractivity contribution < 1.29 is 4.79 Å². The van der Waals surface area contributed by atoms with Crippen LogP contribution in [0.1, 0.15) is 24.2 Å². The molecule has 0 fully saturated rings. The number of likely N-dealkylation sites (N-methyl/N-ethyl adjacent to an activating group) is 1. The lowest BCUT2D eigenvalue weighted by Gasteiger charge is -2.10. The molecule has 0 bridgehead atoms. The summed E-state index contributed by atoms with van der Waals surface area (Å²) in [5.74, 6) is 0.938. The molecule has 2 N–H and O–H groups in total. The van der Waals surface area contributed by atoms with Crippen molar-refractivity contribution in [2.75, 3.05) is 39.0 Å². The molecule has 6 heteroatoms. The highest BCUT2D eigenvalue weighted by Crippen LogP contribution is 2.01. The molecule has 1 aromatic heterocycles. The summed E-state index contributed by atoms with van der Waals surface area (Å²) in [7, 11) is 3.93. The number of nitrogens with one attached hydrogen (secondary N) is 2. The van der Waals surface area contributed by atoms with E-state index in [0.717, 1.165) is 13.1 Å². The van der Waals surface area contributed by atoms with Crippen molar-refractivity contribution in [1.29, 1.82) is 0 Å². The van der Waals surface area contributed by atoms with Crippen molar-refractivity contribution >= 4 is 11.9 Å². The van der Waals surface area contributed by atoms with Crippen LogP contribution in [0, 0.1) is 5.92 Å². The van der Waals surface area contributed by atoms with Crippen LogP contribution in [0.2, 0.25) is 0 Å². The van der Waals surface area contributed by atoms with Gasteiger partial charge in [-0.15, -0.1) is 0 Å². The Morgan fingerprint density at radius 2 is 1.95 bits per heavy atom. The maximum atomic E-state index is 11.8. The van der Waals surface area contributed by atoms with Gasteiger partial charge in [0.25, 0.3) is 5.91 Å². The van der Waals surface area contributed by atoms with Crippen LogP contribution < -0.4 is 10.6 Å². The molecular weight excluding hydrogens is 242 g/mol. The summed E-state index contributed by atoms with van der Waals surface area (Å²) in [5.41, 5.74) is 0.480. The van der Waals surface area contributed by atoms with Gasteiger partial charge in [0, 0.05) is 32.0 Å². The number of hydrogen-bond acceptors (Lipinski definition) is 5. The fourth-order valence-corrected chi connectivity index (χ4v) is 1.33. The van der Waals surface area contributed by atoms with E-state index in [0.29, 0.717) is 24.0 Å². The van der Waals surface area contributed by atoms with Crippen LogP contribution in [-0.2, 0) is 0 Å². The average Bonchev–Trinajstić information content (AvgIpc) is 2.36. The first-order valence-electron chi connectivity index (χ1n) is 6.48. The van der Waals surface area contributed by atoms with Crippen LogP contribution in [0.15, 0.2) is 12.4 Å². The van der Waals surface area contributed by atoms with Crippen molar-refractivity contribution in [3.8, 4) is 0 Å². The van der Waals surface area contributed by atoms with Crippen LogP contribution in [-0.4, -0.2) is 54.5 Å². The van der Waals surface area contributed by atoms with E-state index in [9.17, 15) is 4.79 Å². The maximum absolute atomic E-state index is 11.8. The van der Waals surface area contributed by atoms with Gasteiger partial charge in [-0.25, -0.2) is 9.97 Å². The van der Waals surface area contributed by atoms with Crippen molar-refractivity contribution in [3.63, 3.8) is 0 Å². The Morgan fingerprint density at radius 3 is 2.47 bits per heavy atom. The van der Waals surface area contributed by atoms with E-state index in [2.05, 4.69) is 34.4 Å². The summed E-state index contributed by atoms with van der Waals surface area (Å²) >= 11 is 0. The largest absolute Gasteiger partial charge is 0.354 e. The molecule has 0 aromatic carbocycles. The molecule has 0 radical (unpaired) electrons. The third kappa shape index (κ3) is 6.15. The van der Waals surface area contributed by atoms with Gasteiger partial charge in [-0.1, -0.05) is 13.8 Å². The molecule has 1 amide bonds. The maximum Gasteiger partial charge on any atom is 0.254 e. The van der Waals surface area contributed by atoms with E-state index in [4.69, 9.17) is 0 Å². The van der Waals surface area contributed by atoms with E-state index in [1.54, 1.807) is 12.4 Å². The predicted octanol–water partition coefficient (Wildman–Crippen LogP) is 0.836. The molecular formula is C13H23N5O. The molecule has 0 aliphatic carbocycles. The second kappa shape index (κ2) is 7.68. The molecule has 0 atom stereocenters. The second-order valence-corrected chi connectivity index (χ2v) is 5.13. The van der Waals surface area contributed by atoms with Crippen molar-refractivity contribution in [2.45, 2.75) is 13.8 Å². The molecule has 6 nitrogen and oxygen atoms in total. The van der Waals surface area contributed by atoms with Gasteiger partial charge in [-0.05, 0) is 20.0 Å². The predicted molar refractivity (Wildman–Crippen MR) is 76.2 cm³/mol. The minimum atomic E-state index is -0.141. The lowest BCUT2D eigenvalue weighted by Crippen LogP contribution is -2.31. The molecule has 106 valence electrons. The molecule has 0 saturated carbocycles. The highest BCUT2D eigenvalue weighted by atomic mass is 16.1. The van der Waals surface area contributed by atoms with Gasteiger partial charge in [-0.3, -0.25) is 4.79 Å². The first kappa shape index (κ1) is 15.4. The first-order valence-corrected chi connectivity index (χ1v) is 6.48. The minimum absolute atomic E-state index is 0.141. The zero-order valence-corrected chi connectivity index (χ0v) is 12.1. The Morgan fingerprint density at radius 1 is 1.32 bits per heavy atom. The zero-order chi connectivity index (χ0) is 14.3. The quantitative estimate of drug-likeness (QED) is 0.764. The number of hydrogen-bond donors (Lipinski definition) is 2. The van der Waals surface area contributed by atoms with E-state index in [1.165, 1.54) is 0 Å². The summed E-state index contributed by atoms with van der Waals surface area (Å²) in [5, 5.41) is 5.93. The number of anilines is 1. The molecule has 1 rings (SSSR count). The van der Waals surface area contributed by atoms with Crippen LogP contribution >= 0.6 is 0 Å². The molecule has 0 aliphatic rings. The number of amides is 1. The zero-order valence-electron chi connectivity index (χ0n) is 12.1. The van der Waals surface area contributed by atoms with Gasteiger partial charge < -0.3 is 15.5 Å². The second-order valence-electron chi connectivity index (χ2n) is 5.13. The van der Waals surface area contributed by atoms with E-state index < -0.39 is 0 Å². The van der Waals surface area contributed by atoms with Crippen LogP contribution in [0.3, 0.4) is 0 Å². The van der Waals surface area contributed by atoms with E-state index in [1.807, 2.05) is 19.0 Å². The number of nitrogens with zero attached hydrogens (tertiary/aromatic N) is 3. The fraction of sp³-hybridized carbons (Fsp3) is 0.615. The third-order valence-electron chi connectivity index (χ3n) is 2.43. The van der Waals surface area contributed by atoms with Crippen LogP contribution in [0.4, 0.5) is 5.95 Å². The summed E-state index contributed by atoms with van der Waals surface area (Å²) in [6.07, 6.45) is 3.08. The van der Waals surface area contributed by atoms with E-state index >= 15 is 0 Å². The summed E-state index contributed by atoms with van der Waals surface area (Å²) in [6.45, 7) is 6.45. The Bertz CT molecular complexity index is 389. The highest BCUT2D eigenvalue weighted by Gasteiger charge is 2.06. The minimum Gasteiger partial charge on any atom is -0.354 e. The summed E-state index contributed by atoms with van der Waals surface area (Å²) in [4.78, 5) is 22.0. The molecule has 0 aliphatic heterocycles. The van der Waals surface area contributed by atoms with Gasteiger partial charge in [0.05, 0.1) is 5.56 Å². The molecule has 0 unspecified atom stereocenters. The highest BCUT2D eigenvalue weighted by molar-refractivity contribution is 5.93. The van der Waals surface area contributed by atoms with Crippen molar-refractivity contribution in [3.05, 3.63) is 18.0 Å². The number of aromatic nitrogens is 2. The van der Waals surface area contributed by atoms with Gasteiger partial charge in [0.2, 0.25) is 5.95 Å². The number of carbonyl (C=O) groups is 1.